The summed E-state index contributed by atoms with van der Waals surface area (Å²) in [5, 5.41) is 1.05. The van der Waals surface area contributed by atoms with Crippen LogP contribution in [0.2, 0.25) is 0 Å². The number of furan rings is 1. The molecule has 0 aliphatic heterocycles. The van der Waals surface area contributed by atoms with Crippen molar-refractivity contribution in [3.8, 4) is 0 Å². The molecule has 1 amide bonds. The van der Waals surface area contributed by atoms with E-state index in [1.165, 1.54) is 0 Å². The molecule has 0 bridgehead atoms. The first-order valence-electron chi connectivity index (χ1n) is 7.63. The minimum Gasteiger partial charge on any atom is -0.459 e. The first-order chi connectivity index (χ1) is 11.1. The van der Waals surface area contributed by atoms with E-state index in [9.17, 15) is 4.79 Å². The third-order valence-electron chi connectivity index (χ3n) is 4.00. The van der Waals surface area contributed by atoms with Crippen molar-refractivity contribution < 1.29 is 9.21 Å². The summed E-state index contributed by atoms with van der Waals surface area (Å²) in [5.41, 5.74) is 1.85. The van der Waals surface area contributed by atoms with Gasteiger partial charge in [-0.05, 0) is 30.7 Å². The molecule has 0 N–H and O–H groups in total. The van der Waals surface area contributed by atoms with Crippen LogP contribution in [0, 0.1) is 0 Å². The third-order valence-corrected chi connectivity index (χ3v) is 4.00. The molecule has 1 heterocycles. The average Bonchev–Trinajstić information content (AvgIpc) is 3.03. The normalized spacial score (nSPS) is 12.6. The van der Waals surface area contributed by atoms with Crippen LogP contribution in [0.5, 0.6) is 0 Å². The predicted octanol–water partition coefficient (Wildman–Crippen LogP) is 4.67. The molecule has 2 aromatic carbocycles. The number of carbonyl (C=O) groups is 1. The first kappa shape index (κ1) is 15.1. The molecule has 3 aromatic rings. The second-order valence-electron chi connectivity index (χ2n) is 5.56. The summed E-state index contributed by atoms with van der Waals surface area (Å²) in [6.45, 7) is 1.96. The Morgan fingerprint density at radius 3 is 2.52 bits per heavy atom. The Hall–Kier alpha value is -2.81. The smallest absolute Gasteiger partial charge is 0.246 e. The number of amides is 1. The summed E-state index contributed by atoms with van der Waals surface area (Å²) in [6.07, 6.45) is 3.42. The standard InChI is InChI=1S/C20H19NO2/c1-15(19-14-17-10-6-7-11-18(17)23-19)21(2)20(22)13-12-16-8-4-3-5-9-16/h3-15H,1-2H3. The lowest BCUT2D eigenvalue weighted by molar-refractivity contribution is -0.126. The molecule has 3 heteroatoms. The molecule has 0 fully saturated rings. The second-order valence-corrected chi connectivity index (χ2v) is 5.56. The van der Waals surface area contributed by atoms with Crippen LogP contribution in [0.15, 0.2) is 71.2 Å². The molecule has 0 saturated heterocycles. The van der Waals surface area contributed by atoms with E-state index in [2.05, 4.69) is 0 Å². The lowest BCUT2D eigenvalue weighted by Crippen LogP contribution is -2.27. The van der Waals surface area contributed by atoms with Crippen LogP contribution in [0.3, 0.4) is 0 Å². The minimum atomic E-state index is -0.129. The quantitative estimate of drug-likeness (QED) is 0.657. The fraction of sp³-hybridized carbons (Fsp3) is 0.150. The summed E-state index contributed by atoms with van der Waals surface area (Å²) >= 11 is 0. The molecule has 1 atom stereocenters. The van der Waals surface area contributed by atoms with Gasteiger partial charge in [-0.1, -0.05) is 48.5 Å². The molecule has 116 valence electrons. The van der Waals surface area contributed by atoms with Crippen molar-refractivity contribution in [3.63, 3.8) is 0 Å². The Morgan fingerprint density at radius 2 is 1.78 bits per heavy atom. The molecule has 1 unspecified atom stereocenters. The number of nitrogens with zero attached hydrogens (tertiary/aromatic N) is 1. The van der Waals surface area contributed by atoms with Gasteiger partial charge in [0.2, 0.25) is 5.91 Å². The van der Waals surface area contributed by atoms with E-state index in [1.807, 2.05) is 73.7 Å². The van der Waals surface area contributed by atoms with Crippen molar-refractivity contribution in [1.82, 2.24) is 4.90 Å². The molecule has 0 saturated carbocycles. The molecule has 0 aliphatic carbocycles. The molecule has 0 spiro atoms. The molecule has 0 aliphatic rings. The minimum absolute atomic E-state index is 0.0539. The summed E-state index contributed by atoms with van der Waals surface area (Å²) in [5.74, 6) is 0.733. The number of carbonyl (C=O) groups excluding carboxylic acids is 1. The van der Waals surface area contributed by atoms with E-state index in [-0.39, 0.29) is 11.9 Å². The van der Waals surface area contributed by atoms with Crippen molar-refractivity contribution in [1.29, 1.82) is 0 Å². The molecule has 3 nitrogen and oxygen atoms in total. The number of fused-ring (bicyclic) bond motifs is 1. The van der Waals surface area contributed by atoms with Crippen LogP contribution in [0.25, 0.3) is 17.0 Å². The van der Waals surface area contributed by atoms with E-state index >= 15 is 0 Å². The van der Waals surface area contributed by atoms with Gasteiger partial charge in [0.05, 0.1) is 6.04 Å². The zero-order valence-electron chi connectivity index (χ0n) is 13.3. The topological polar surface area (TPSA) is 33.5 Å². The van der Waals surface area contributed by atoms with Crippen LogP contribution in [0.1, 0.15) is 24.3 Å². The fourth-order valence-electron chi connectivity index (χ4n) is 2.44. The van der Waals surface area contributed by atoms with Crippen LogP contribution < -0.4 is 0 Å². The van der Waals surface area contributed by atoms with Gasteiger partial charge in [-0.3, -0.25) is 4.79 Å². The number of likely N-dealkylation sites (N-methyl/N-ethyl adjacent to an activating group) is 1. The molecular weight excluding hydrogens is 286 g/mol. The van der Waals surface area contributed by atoms with Gasteiger partial charge in [0.25, 0.3) is 0 Å². The molecule has 3 rings (SSSR count). The largest absolute Gasteiger partial charge is 0.459 e. The fourth-order valence-corrected chi connectivity index (χ4v) is 2.44. The molecule has 23 heavy (non-hydrogen) atoms. The van der Waals surface area contributed by atoms with Gasteiger partial charge in [-0.25, -0.2) is 0 Å². The Labute approximate surface area is 135 Å². The molecule has 0 radical (unpaired) electrons. The van der Waals surface area contributed by atoms with Crippen LogP contribution in [0.4, 0.5) is 0 Å². The molecular formula is C20H19NO2. The van der Waals surface area contributed by atoms with E-state index in [0.717, 1.165) is 22.3 Å². The van der Waals surface area contributed by atoms with Gasteiger partial charge < -0.3 is 9.32 Å². The SMILES string of the molecule is CC(c1cc2ccccc2o1)N(C)C(=O)C=Cc1ccccc1. The van der Waals surface area contributed by atoms with E-state index < -0.39 is 0 Å². The summed E-state index contributed by atoms with van der Waals surface area (Å²) in [4.78, 5) is 14.0. The number of benzene rings is 2. The van der Waals surface area contributed by atoms with E-state index in [0.29, 0.717) is 0 Å². The van der Waals surface area contributed by atoms with Crippen LogP contribution >= 0.6 is 0 Å². The van der Waals surface area contributed by atoms with E-state index in [1.54, 1.807) is 18.0 Å². The van der Waals surface area contributed by atoms with Gasteiger partial charge in [0.15, 0.2) is 0 Å². The number of rotatable bonds is 4. The van der Waals surface area contributed by atoms with Crippen molar-refractivity contribution in [2.45, 2.75) is 13.0 Å². The van der Waals surface area contributed by atoms with Gasteiger partial charge in [0.1, 0.15) is 11.3 Å². The van der Waals surface area contributed by atoms with Gasteiger partial charge in [0, 0.05) is 18.5 Å². The maximum atomic E-state index is 12.3. The second kappa shape index (κ2) is 6.53. The summed E-state index contributed by atoms with van der Waals surface area (Å²) in [7, 11) is 1.79. The van der Waals surface area contributed by atoms with Gasteiger partial charge >= 0.3 is 0 Å². The van der Waals surface area contributed by atoms with Gasteiger partial charge in [-0.2, -0.15) is 0 Å². The summed E-state index contributed by atoms with van der Waals surface area (Å²) in [6, 6.07) is 19.5. The number of para-hydroxylation sites is 1. The van der Waals surface area contributed by atoms with Crippen LogP contribution in [-0.4, -0.2) is 17.9 Å². The summed E-state index contributed by atoms with van der Waals surface area (Å²) < 4.78 is 5.85. The van der Waals surface area contributed by atoms with Crippen molar-refractivity contribution in [2.75, 3.05) is 7.05 Å². The lowest BCUT2D eigenvalue weighted by atomic mass is 10.2. The Kier molecular flexibility index (Phi) is 4.29. The predicted molar refractivity (Wildman–Crippen MR) is 92.9 cm³/mol. The Balaban J connectivity index is 1.74. The maximum Gasteiger partial charge on any atom is 0.246 e. The highest BCUT2D eigenvalue weighted by Crippen LogP contribution is 2.26. The highest BCUT2D eigenvalue weighted by atomic mass is 16.3. The van der Waals surface area contributed by atoms with Crippen molar-refractivity contribution >= 4 is 23.0 Å². The Morgan fingerprint density at radius 1 is 1.09 bits per heavy atom. The highest BCUT2D eigenvalue weighted by molar-refractivity contribution is 5.92. The van der Waals surface area contributed by atoms with Crippen LogP contribution in [-0.2, 0) is 4.79 Å². The maximum absolute atomic E-state index is 12.3. The monoisotopic (exact) mass is 305 g/mol. The number of hydrogen-bond acceptors (Lipinski definition) is 2. The lowest BCUT2D eigenvalue weighted by Gasteiger charge is -2.21. The zero-order valence-corrected chi connectivity index (χ0v) is 13.3. The molecule has 1 aromatic heterocycles. The van der Waals surface area contributed by atoms with Gasteiger partial charge in [-0.15, -0.1) is 0 Å². The first-order valence-corrected chi connectivity index (χ1v) is 7.63. The van der Waals surface area contributed by atoms with Crippen molar-refractivity contribution in [2.24, 2.45) is 0 Å². The highest BCUT2D eigenvalue weighted by Gasteiger charge is 2.19. The Bertz CT molecular complexity index is 800. The average molecular weight is 305 g/mol. The number of hydrogen-bond donors (Lipinski definition) is 0. The van der Waals surface area contributed by atoms with Crippen molar-refractivity contribution in [3.05, 3.63) is 78.1 Å². The zero-order chi connectivity index (χ0) is 16.2. The van der Waals surface area contributed by atoms with E-state index in [4.69, 9.17) is 4.42 Å². The third kappa shape index (κ3) is 3.34.